The molecule has 7 heteroatoms. The van der Waals surface area contributed by atoms with Crippen molar-refractivity contribution in [2.24, 2.45) is 0 Å². The Balaban J connectivity index is 1.74. The van der Waals surface area contributed by atoms with Crippen LogP contribution in [0.5, 0.6) is 0 Å². The molecule has 0 spiro atoms. The minimum Gasteiger partial charge on any atom is -0.438 e. The molecule has 21 heavy (non-hydrogen) atoms. The third-order valence-electron chi connectivity index (χ3n) is 4.17. The smallest absolute Gasteiger partial charge is 0.292 e. The Morgan fingerprint density at radius 3 is 2.76 bits per heavy atom. The second-order valence-electron chi connectivity index (χ2n) is 5.50. The molecular weight excluding hydrogens is 272 g/mol. The summed E-state index contributed by atoms with van der Waals surface area (Å²) in [5.41, 5.74) is 0.570. The standard InChI is InChI=1S/C14H20N4O3/c1-10-12(21-9-16-10)14(20)18-6-2-3-11(18)13(19)17-7-4-15-5-8-17/h9,11,15H,2-8H2,1H3. The Labute approximate surface area is 123 Å². The zero-order valence-corrected chi connectivity index (χ0v) is 12.2. The van der Waals surface area contributed by atoms with E-state index in [4.69, 9.17) is 4.42 Å². The summed E-state index contributed by atoms with van der Waals surface area (Å²) in [6, 6.07) is -0.361. The molecule has 3 rings (SSSR count). The Kier molecular flexibility index (Phi) is 3.92. The van der Waals surface area contributed by atoms with Crippen LogP contribution in [-0.2, 0) is 4.79 Å². The van der Waals surface area contributed by atoms with Gasteiger partial charge in [-0.05, 0) is 19.8 Å². The van der Waals surface area contributed by atoms with E-state index in [0.29, 0.717) is 25.3 Å². The summed E-state index contributed by atoms with van der Waals surface area (Å²) in [7, 11) is 0. The van der Waals surface area contributed by atoms with Gasteiger partial charge in [-0.3, -0.25) is 9.59 Å². The Hall–Kier alpha value is -1.89. The van der Waals surface area contributed by atoms with Crippen molar-refractivity contribution in [1.29, 1.82) is 0 Å². The first-order valence-electron chi connectivity index (χ1n) is 7.39. The van der Waals surface area contributed by atoms with Crippen molar-refractivity contribution in [2.75, 3.05) is 32.7 Å². The largest absolute Gasteiger partial charge is 0.438 e. The van der Waals surface area contributed by atoms with Gasteiger partial charge in [-0.1, -0.05) is 0 Å². The highest BCUT2D eigenvalue weighted by Crippen LogP contribution is 2.23. The number of nitrogens with zero attached hydrogens (tertiary/aromatic N) is 3. The second-order valence-corrected chi connectivity index (χ2v) is 5.50. The highest BCUT2D eigenvalue weighted by atomic mass is 16.3. The first kappa shape index (κ1) is 14.1. The average Bonchev–Trinajstić information content (AvgIpc) is 3.15. The predicted octanol–water partition coefficient (Wildman–Crippen LogP) is 0.0194. The van der Waals surface area contributed by atoms with Crippen molar-refractivity contribution in [3.8, 4) is 0 Å². The van der Waals surface area contributed by atoms with Crippen LogP contribution in [0.1, 0.15) is 29.1 Å². The number of likely N-dealkylation sites (tertiary alicyclic amines) is 1. The van der Waals surface area contributed by atoms with Gasteiger partial charge < -0.3 is 19.5 Å². The molecule has 1 aromatic rings. The van der Waals surface area contributed by atoms with Crippen LogP contribution >= 0.6 is 0 Å². The molecule has 0 radical (unpaired) electrons. The topological polar surface area (TPSA) is 78.7 Å². The molecule has 2 aliphatic rings. The maximum Gasteiger partial charge on any atom is 0.292 e. The van der Waals surface area contributed by atoms with E-state index >= 15 is 0 Å². The minimum absolute atomic E-state index is 0.0551. The summed E-state index contributed by atoms with van der Waals surface area (Å²) >= 11 is 0. The minimum atomic E-state index is -0.361. The van der Waals surface area contributed by atoms with Crippen LogP contribution in [0.2, 0.25) is 0 Å². The molecule has 0 saturated carbocycles. The van der Waals surface area contributed by atoms with Crippen LogP contribution in [0.15, 0.2) is 10.8 Å². The molecule has 2 aliphatic heterocycles. The Morgan fingerprint density at radius 1 is 1.33 bits per heavy atom. The summed E-state index contributed by atoms with van der Waals surface area (Å²) < 4.78 is 5.17. The first-order valence-corrected chi connectivity index (χ1v) is 7.39. The number of amides is 2. The van der Waals surface area contributed by atoms with Crippen molar-refractivity contribution in [3.05, 3.63) is 17.8 Å². The maximum absolute atomic E-state index is 12.6. The molecule has 0 aliphatic carbocycles. The number of oxazole rings is 1. The quantitative estimate of drug-likeness (QED) is 0.831. The van der Waals surface area contributed by atoms with Gasteiger partial charge in [-0.25, -0.2) is 4.98 Å². The summed E-state index contributed by atoms with van der Waals surface area (Å²) in [4.78, 5) is 32.6. The number of aromatic nitrogens is 1. The number of nitrogens with one attached hydrogen (secondary N) is 1. The van der Waals surface area contributed by atoms with E-state index in [0.717, 1.165) is 25.9 Å². The monoisotopic (exact) mass is 292 g/mol. The van der Waals surface area contributed by atoms with Gasteiger partial charge in [0.2, 0.25) is 11.7 Å². The summed E-state index contributed by atoms with van der Waals surface area (Å²) in [6.45, 7) is 5.38. The highest BCUT2D eigenvalue weighted by Gasteiger charge is 2.38. The molecule has 1 atom stereocenters. The van der Waals surface area contributed by atoms with E-state index in [1.165, 1.54) is 6.39 Å². The molecule has 7 nitrogen and oxygen atoms in total. The number of hydrogen-bond donors (Lipinski definition) is 1. The molecule has 3 heterocycles. The second kappa shape index (κ2) is 5.85. The molecule has 1 N–H and O–H groups in total. The molecule has 2 amide bonds. The fourth-order valence-electron chi connectivity index (χ4n) is 3.00. The SMILES string of the molecule is Cc1ncoc1C(=O)N1CCCC1C(=O)N1CCNCC1. The van der Waals surface area contributed by atoms with E-state index < -0.39 is 0 Å². The number of piperazine rings is 1. The number of hydrogen-bond acceptors (Lipinski definition) is 5. The lowest BCUT2D eigenvalue weighted by molar-refractivity contribution is -0.135. The normalized spacial score (nSPS) is 22.6. The summed E-state index contributed by atoms with van der Waals surface area (Å²) in [6.07, 6.45) is 2.84. The van der Waals surface area contributed by atoms with E-state index in [2.05, 4.69) is 10.3 Å². The molecule has 1 aromatic heterocycles. The van der Waals surface area contributed by atoms with E-state index in [9.17, 15) is 9.59 Å². The van der Waals surface area contributed by atoms with Crippen LogP contribution in [0.4, 0.5) is 0 Å². The van der Waals surface area contributed by atoms with Crippen LogP contribution in [0.25, 0.3) is 0 Å². The van der Waals surface area contributed by atoms with E-state index in [1.807, 2.05) is 4.90 Å². The van der Waals surface area contributed by atoms with Crippen molar-refractivity contribution in [2.45, 2.75) is 25.8 Å². The number of carbonyl (C=O) groups is 2. The molecule has 0 bridgehead atoms. The Morgan fingerprint density at radius 2 is 2.10 bits per heavy atom. The van der Waals surface area contributed by atoms with Crippen molar-refractivity contribution in [3.63, 3.8) is 0 Å². The fourth-order valence-corrected chi connectivity index (χ4v) is 3.00. The summed E-state index contributed by atoms with van der Waals surface area (Å²) in [5.74, 6) is 0.0745. The van der Waals surface area contributed by atoms with Gasteiger partial charge in [0.25, 0.3) is 5.91 Å². The molecule has 1 unspecified atom stereocenters. The average molecular weight is 292 g/mol. The predicted molar refractivity (Wildman–Crippen MR) is 74.7 cm³/mol. The fraction of sp³-hybridized carbons (Fsp3) is 0.643. The lowest BCUT2D eigenvalue weighted by atomic mass is 10.1. The van der Waals surface area contributed by atoms with Gasteiger partial charge in [0.05, 0.1) is 5.69 Å². The first-order chi connectivity index (χ1) is 10.2. The molecule has 2 saturated heterocycles. The van der Waals surface area contributed by atoms with Gasteiger partial charge in [0, 0.05) is 32.7 Å². The molecular formula is C14H20N4O3. The van der Waals surface area contributed by atoms with Crippen molar-refractivity contribution < 1.29 is 14.0 Å². The maximum atomic E-state index is 12.6. The van der Waals surface area contributed by atoms with Crippen LogP contribution in [0, 0.1) is 6.92 Å². The van der Waals surface area contributed by atoms with Crippen LogP contribution in [-0.4, -0.2) is 65.4 Å². The van der Waals surface area contributed by atoms with Crippen molar-refractivity contribution in [1.82, 2.24) is 20.1 Å². The zero-order valence-electron chi connectivity index (χ0n) is 12.2. The third kappa shape index (κ3) is 2.65. The van der Waals surface area contributed by atoms with E-state index in [1.54, 1.807) is 11.8 Å². The van der Waals surface area contributed by atoms with Gasteiger partial charge in [-0.15, -0.1) is 0 Å². The van der Waals surface area contributed by atoms with Crippen LogP contribution < -0.4 is 5.32 Å². The van der Waals surface area contributed by atoms with Gasteiger partial charge in [0.15, 0.2) is 6.39 Å². The Bertz CT molecular complexity index is 536. The molecule has 114 valence electrons. The molecule has 2 fully saturated rings. The molecule has 0 aromatic carbocycles. The number of aryl methyl sites for hydroxylation is 1. The lowest BCUT2D eigenvalue weighted by Crippen LogP contribution is -2.53. The number of carbonyl (C=O) groups excluding carboxylic acids is 2. The van der Waals surface area contributed by atoms with Crippen molar-refractivity contribution >= 4 is 11.8 Å². The summed E-state index contributed by atoms with van der Waals surface area (Å²) in [5, 5.41) is 3.23. The van der Waals surface area contributed by atoms with Crippen LogP contribution in [0.3, 0.4) is 0 Å². The highest BCUT2D eigenvalue weighted by molar-refractivity contribution is 5.96. The van der Waals surface area contributed by atoms with Gasteiger partial charge >= 0.3 is 0 Å². The zero-order chi connectivity index (χ0) is 14.8. The van der Waals surface area contributed by atoms with Gasteiger partial charge in [0.1, 0.15) is 6.04 Å². The van der Waals surface area contributed by atoms with Gasteiger partial charge in [-0.2, -0.15) is 0 Å². The lowest BCUT2D eigenvalue weighted by Gasteiger charge is -2.32. The van der Waals surface area contributed by atoms with E-state index in [-0.39, 0.29) is 23.6 Å². The third-order valence-corrected chi connectivity index (χ3v) is 4.17. The number of rotatable bonds is 2.